The van der Waals surface area contributed by atoms with Gasteiger partial charge in [-0.3, -0.25) is 4.79 Å². The van der Waals surface area contributed by atoms with Gasteiger partial charge >= 0.3 is 6.03 Å². The van der Waals surface area contributed by atoms with Crippen molar-refractivity contribution < 1.29 is 14.3 Å². The first-order valence-corrected chi connectivity index (χ1v) is 13.7. The quantitative estimate of drug-likeness (QED) is 0.473. The van der Waals surface area contributed by atoms with Gasteiger partial charge < -0.3 is 24.8 Å². The van der Waals surface area contributed by atoms with Crippen LogP contribution in [0.1, 0.15) is 47.5 Å². The fourth-order valence-corrected chi connectivity index (χ4v) is 5.59. The Hall–Kier alpha value is -2.48. The van der Waals surface area contributed by atoms with Gasteiger partial charge in [-0.2, -0.15) is 0 Å². The molecule has 4 rings (SSSR count). The van der Waals surface area contributed by atoms with Crippen LogP contribution in [0.15, 0.2) is 42.5 Å². The largest absolute Gasteiger partial charge is 0.497 e. The van der Waals surface area contributed by atoms with Gasteiger partial charge in [0.05, 0.1) is 17.2 Å². The molecule has 2 aromatic carbocycles. The van der Waals surface area contributed by atoms with E-state index in [0.29, 0.717) is 28.2 Å². The van der Waals surface area contributed by atoms with Crippen molar-refractivity contribution in [3.05, 3.63) is 63.6 Å². The maximum Gasteiger partial charge on any atom is 0.317 e. The molecule has 1 unspecified atom stereocenters. The van der Waals surface area contributed by atoms with Gasteiger partial charge in [0.2, 0.25) is 0 Å². The van der Waals surface area contributed by atoms with E-state index in [4.69, 9.17) is 27.9 Å². The Kier molecular flexibility index (Phi) is 9.57. The Bertz CT molecular complexity index is 1070. The van der Waals surface area contributed by atoms with Crippen LogP contribution >= 0.6 is 23.2 Å². The molecule has 3 amide bonds. The molecule has 0 saturated carbocycles. The number of amides is 3. The lowest BCUT2D eigenvalue weighted by molar-refractivity contribution is 0.0778. The number of urea groups is 1. The van der Waals surface area contributed by atoms with Crippen molar-refractivity contribution in [3.8, 4) is 5.75 Å². The van der Waals surface area contributed by atoms with Crippen LogP contribution in [0, 0.1) is 0 Å². The molecule has 37 heavy (non-hydrogen) atoms. The van der Waals surface area contributed by atoms with E-state index in [0.717, 1.165) is 69.7 Å². The van der Waals surface area contributed by atoms with E-state index in [1.165, 1.54) is 0 Å². The van der Waals surface area contributed by atoms with Crippen LogP contribution in [0.5, 0.6) is 5.75 Å². The molecule has 0 aromatic heterocycles. The van der Waals surface area contributed by atoms with E-state index < -0.39 is 0 Å². The highest BCUT2D eigenvalue weighted by atomic mass is 35.5. The number of nitrogens with one attached hydrogen (secondary N) is 1. The molecular formula is C28H36Cl2N4O3. The van der Waals surface area contributed by atoms with E-state index in [1.807, 2.05) is 30.1 Å². The highest BCUT2D eigenvalue weighted by molar-refractivity contribution is 6.42. The number of piperidine rings is 1. The number of ether oxygens (including phenoxy) is 1. The Morgan fingerprint density at radius 1 is 1.11 bits per heavy atom. The molecule has 1 N–H and O–H groups in total. The topological polar surface area (TPSA) is 65.1 Å². The summed E-state index contributed by atoms with van der Waals surface area (Å²) in [6.07, 6.45) is 3.87. The standard InChI is InChI=1S/C28H36Cl2N4O3/c1-32(27(35)20-4-7-24(37-2)8-5-20)19-22(21-6-9-25(29)26(30)18-21)10-15-33-16-11-23(12-17-33)34-14-3-13-31-28(34)36/h4-9,18,22-23H,3,10-17,19H2,1-2H3,(H,31,36). The van der Waals surface area contributed by atoms with Crippen LogP contribution in [0.2, 0.25) is 10.0 Å². The van der Waals surface area contributed by atoms with E-state index in [-0.39, 0.29) is 17.9 Å². The third-order valence-electron chi connectivity index (χ3n) is 7.50. The van der Waals surface area contributed by atoms with E-state index >= 15 is 0 Å². The molecule has 9 heteroatoms. The smallest absolute Gasteiger partial charge is 0.317 e. The van der Waals surface area contributed by atoms with Gasteiger partial charge in [0.25, 0.3) is 5.91 Å². The maximum atomic E-state index is 13.1. The minimum absolute atomic E-state index is 0.0339. The first-order chi connectivity index (χ1) is 17.9. The van der Waals surface area contributed by atoms with Crippen molar-refractivity contribution in [3.63, 3.8) is 0 Å². The summed E-state index contributed by atoms with van der Waals surface area (Å²) in [7, 11) is 3.45. The Balaban J connectivity index is 1.38. The number of rotatable bonds is 9. The van der Waals surface area contributed by atoms with Crippen molar-refractivity contribution in [1.29, 1.82) is 0 Å². The summed E-state index contributed by atoms with van der Waals surface area (Å²) >= 11 is 12.5. The highest BCUT2D eigenvalue weighted by Gasteiger charge is 2.30. The normalized spacial score (nSPS) is 17.8. The lowest BCUT2D eigenvalue weighted by Gasteiger charge is -2.40. The molecule has 200 valence electrons. The first kappa shape index (κ1) is 27.6. The molecule has 2 saturated heterocycles. The predicted molar refractivity (Wildman–Crippen MR) is 148 cm³/mol. The fraction of sp³-hybridized carbons (Fsp3) is 0.500. The number of likely N-dealkylation sites (N-methyl/N-ethyl adjacent to an activating group) is 1. The van der Waals surface area contributed by atoms with E-state index in [1.54, 1.807) is 36.3 Å². The molecule has 0 bridgehead atoms. The second-order valence-corrected chi connectivity index (χ2v) is 10.7. The van der Waals surface area contributed by atoms with Crippen LogP contribution in [0.3, 0.4) is 0 Å². The van der Waals surface area contributed by atoms with Crippen molar-refractivity contribution in [2.24, 2.45) is 0 Å². The summed E-state index contributed by atoms with van der Waals surface area (Å²) in [6.45, 7) is 5.03. The zero-order chi connectivity index (χ0) is 26.4. The third-order valence-corrected chi connectivity index (χ3v) is 8.24. The number of nitrogens with zero attached hydrogens (tertiary/aromatic N) is 3. The molecule has 0 radical (unpaired) electrons. The number of benzene rings is 2. The van der Waals surface area contributed by atoms with Crippen LogP contribution < -0.4 is 10.1 Å². The minimum Gasteiger partial charge on any atom is -0.497 e. The lowest BCUT2D eigenvalue weighted by Crippen LogP contribution is -2.54. The summed E-state index contributed by atoms with van der Waals surface area (Å²) in [5.74, 6) is 0.790. The monoisotopic (exact) mass is 546 g/mol. The van der Waals surface area contributed by atoms with Crippen molar-refractivity contribution in [2.45, 2.75) is 37.6 Å². The highest BCUT2D eigenvalue weighted by Crippen LogP contribution is 2.30. The molecule has 2 aliphatic rings. The minimum atomic E-state index is -0.0339. The summed E-state index contributed by atoms with van der Waals surface area (Å²) in [4.78, 5) is 31.6. The average molecular weight is 548 g/mol. The lowest BCUT2D eigenvalue weighted by atomic mass is 9.93. The predicted octanol–water partition coefficient (Wildman–Crippen LogP) is 5.13. The van der Waals surface area contributed by atoms with E-state index in [2.05, 4.69) is 10.2 Å². The van der Waals surface area contributed by atoms with Crippen molar-refractivity contribution >= 4 is 35.1 Å². The zero-order valence-electron chi connectivity index (χ0n) is 21.6. The maximum absolute atomic E-state index is 13.1. The summed E-state index contributed by atoms with van der Waals surface area (Å²) in [5, 5.41) is 4.01. The Labute approximate surface area is 229 Å². The van der Waals surface area contributed by atoms with Gasteiger partial charge in [-0.05, 0) is 74.2 Å². The van der Waals surface area contributed by atoms with Gasteiger partial charge in [0.15, 0.2) is 0 Å². The molecule has 2 aromatic rings. The molecule has 1 atom stereocenters. The second-order valence-electron chi connectivity index (χ2n) is 9.93. The SMILES string of the molecule is COc1ccc(C(=O)N(C)CC(CCN2CCC(N3CCCNC3=O)CC2)c2ccc(Cl)c(Cl)c2)cc1. The van der Waals surface area contributed by atoms with Crippen LogP contribution in [0.25, 0.3) is 0 Å². The molecule has 7 nitrogen and oxygen atoms in total. The summed E-state index contributed by atoms with van der Waals surface area (Å²) in [6, 6.07) is 13.3. The van der Waals surface area contributed by atoms with Crippen molar-refractivity contribution in [1.82, 2.24) is 20.0 Å². The number of hydrogen-bond acceptors (Lipinski definition) is 4. The summed E-state index contributed by atoms with van der Waals surface area (Å²) in [5.41, 5.74) is 1.70. The molecular weight excluding hydrogens is 511 g/mol. The average Bonchev–Trinajstić information content (AvgIpc) is 2.92. The Morgan fingerprint density at radius 3 is 2.49 bits per heavy atom. The molecule has 2 heterocycles. The molecule has 2 aliphatic heterocycles. The number of hydrogen-bond donors (Lipinski definition) is 1. The zero-order valence-corrected chi connectivity index (χ0v) is 23.1. The second kappa shape index (κ2) is 12.9. The van der Waals surface area contributed by atoms with Crippen LogP contribution in [-0.2, 0) is 0 Å². The van der Waals surface area contributed by atoms with Gasteiger partial charge in [-0.1, -0.05) is 29.3 Å². The fourth-order valence-electron chi connectivity index (χ4n) is 5.29. The van der Waals surface area contributed by atoms with E-state index in [9.17, 15) is 9.59 Å². The summed E-state index contributed by atoms with van der Waals surface area (Å²) < 4.78 is 5.21. The van der Waals surface area contributed by atoms with Crippen LogP contribution in [0.4, 0.5) is 4.79 Å². The van der Waals surface area contributed by atoms with Gasteiger partial charge in [0.1, 0.15) is 5.75 Å². The number of carbonyl (C=O) groups is 2. The number of carbonyl (C=O) groups excluding carboxylic acids is 2. The van der Waals surface area contributed by atoms with Gasteiger partial charge in [-0.25, -0.2) is 4.79 Å². The first-order valence-electron chi connectivity index (χ1n) is 13.0. The molecule has 0 spiro atoms. The van der Waals surface area contributed by atoms with Gasteiger partial charge in [-0.15, -0.1) is 0 Å². The van der Waals surface area contributed by atoms with Gasteiger partial charge in [0, 0.05) is 57.3 Å². The van der Waals surface area contributed by atoms with Crippen LogP contribution in [-0.4, -0.2) is 86.1 Å². The number of halogens is 2. The molecule has 0 aliphatic carbocycles. The third kappa shape index (κ3) is 7.09. The molecule has 2 fully saturated rings. The van der Waals surface area contributed by atoms with Crippen molar-refractivity contribution in [2.75, 3.05) is 53.4 Å². The Morgan fingerprint density at radius 2 is 1.84 bits per heavy atom. The number of methoxy groups -OCH3 is 1. The number of likely N-dealkylation sites (tertiary alicyclic amines) is 1.